The average molecular weight is 222 g/mol. The molecule has 0 aliphatic carbocycles. The second-order valence-electron chi connectivity index (χ2n) is 3.58. The Morgan fingerprint density at radius 1 is 1.50 bits per heavy atom. The molecule has 1 amide bonds. The van der Waals surface area contributed by atoms with Gasteiger partial charge in [0.15, 0.2) is 0 Å². The largest absolute Gasteiger partial charge is 0.480 e. The molecule has 1 N–H and O–H groups in total. The SMILES string of the molecule is CCC(=O)N1CCC[C@@]1(C)C(=O)O.Cl. The van der Waals surface area contributed by atoms with E-state index in [-0.39, 0.29) is 18.3 Å². The van der Waals surface area contributed by atoms with E-state index in [1.54, 1.807) is 13.8 Å². The lowest BCUT2D eigenvalue weighted by Gasteiger charge is -2.30. The van der Waals surface area contributed by atoms with E-state index in [2.05, 4.69) is 0 Å². The molecule has 0 bridgehead atoms. The predicted octanol–water partition coefficient (Wildman–Crippen LogP) is 1.28. The number of carbonyl (C=O) groups is 2. The number of nitrogens with zero attached hydrogens (tertiary/aromatic N) is 1. The second-order valence-corrected chi connectivity index (χ2v) is 3.58. The van der Waals surface area contributed by atoms with E-state index in [1.807, 2.05) is 0 Å². The molecule has 1 fully saturated rings. The summed E-state index contributed by atoms with van der Waals surface area (Å²) in [6.07, 6.45) is 1.73. The number of carboxylic acids is 1. The number of halogens is 1. The molecule has 0 aromatic rings. The zero-order chi connectivity index (χ0) is 10.1. The molecular weight excluding hydrogens is 206 g/mol. The molecule has 0 aromatic heterocycles. The molecule has 1 heterocycles. The van der Waals surface area contributed by atoms with Gasteiger partial charge in [-0.1, -0.05) is 6.92 Å². The van der Waals surface area contributed by atoms with Gasteiger partial charge >= 0.3 is 5.97 Å². The molecule has 1 aliphatic heterocycles. The first-order chi connectivity index (χ1) is 6.02. The molecule has 0 radical (unpaired) electrons. The van der Waals surface area contributed by atoms with Crippen molar-refractivity contribution in [3.05, 3.63) is 0 Å². The Bertz CT molecular complexity index is 244. The summed E-state index contributed by atoms with van der Waals surface area (Å²) in [5, 5.41) is 8.99. The minimum absolute atomic E-state index is 0. The van der Waals surface area contributed by atoms with Crippen LogP contribution in [0.1, 0.15) is 33.1 Å². The number of carboxylic acid groups (broad SMARTS) is 1. The van der Waals surface area contributed by atoms with E-state index < -0.39 is 11.5 Å². The molecule has 0 unspecified atom stereocenters. The third-order valence-electron chi connectivity index (χ3n) is 2.71. The maximum atomic E-state index is 11.4. The molecule has 0 aromatic carbocycles. The Labute approximate surface area is 89.7 Å². The number of hydrogen-bond donors (Lipinski definition) is 1. The third-order valence-corrected chi connectivity index (χ3v) is 2.71. The van der Waals surface area contributed by atoms with Crippen LogP contribution in [0.25, 0.3) is 0 Å². The highest BCUT2D eigenvalue weighted by Gasteiger charge is 2.45. The molecule has 1 saturated heterocycles. The smallest absolute Gasteiger partial charge is 0.329 e. The number of amides is 1. The normalized spacial score (nSPS) is 25.7. The first-order valence-corrected chi connectivity index (χ1v) is 4.56. The summed E-state index contributed by atoms with van der Waals surface area (Å²) in [7, 11) is 0. The van der Waals surface area contributed by atoms with Crippen molar-refractivity contribution in [3.63, 3.8) is 0 Å². The highest BCUT2D eigenvalue weighted by atomic mass is 35.5. The summed E-state index contributed by atoms with van der Waals surface area (Å²) in [6, 6.07) is 0. The summed E-state index contributed by atoms with van der Waals surface area (Å²) in [5.74, 6) is -0.964. The number of aliphatic carboxylic acids is 1. The Morgan fingerprint density at radius 3 is 2.50 bits per heavy atom. The van der Waals surface area contributed by atoms with Crippen molar-refractivity contribution < 1.29 is 14.7 Å². The van der Waals surface area contributed by atoms with Crippen molar-refractivity contribution in [2.24, 2.45) is 0 Å². The highest BCUT2D eigenvalue weighted by molar-refractivity contribution is 5.87. The van der Waals surface area contributed by atoms with Gasteiger partial charge in [0.2, 0.25) is 5.91 Å². The molecule has 0 saturated carbocycles. The van der Waals surface area contributed by atoms with Crippen molar-refractivity contribution in [2.45, 2.75) is 38.6 Å². The van der Waals surface area contributed by atoms with E-state index in [9.17, 15) is 9.59 Å². The first kappa shape index (κ1) is 13.2. The van der Waals surface area contributed by atoms with Crippen LogP contribution < -0.4 is 0 Å². The van der Waals surface area contributed by atoms with Gasteiger partial charge in [-0.05, 0) is 19.8 Å². The summed E-state index contributed by atoms with van der Waals surface area (Å²) >= 11 is 0. The Hall–Kier alpha value is -0.770. The number of rotatable bonds is 2. The van der Waals surface area contributed by atoms with Crippen LogP contribution >= 0.6 is 12.4 Å². The first-order valence-electron chi connectivity index (χ1n) is 4.56. The second kappa shape index (κ2) is 4.64. The van der Waals surface area contributed by atoms with Crippen molar-refractivity contribution in [1.29, 1.82) is 0 Å². The molecule has 14 heavy (non-hydrogen) atoms. The molecule has 0 spiro atoms. The fourth-order valence-electron chi connectivity index (χ4n) is 1.78. The molecular formula is C9H16ClNO3. The molecule has 4 nitrogen and oxygen atoms in total. The Kier molecular flexibility index (Phi) is 4.39. The van der Waals surface area contributed by atoms with Crippen molar-refractivity contribution in [1.82, 2.24) is 4.90 Å². The van der Waals surface area contributed by atoms with Crippen LogP contribution in [0, 0.1) is 0 Å². The van der Waals surface area contributed by atoms with Gasteiger partial charge in [-0.15, -0.1) is 12.4 Å². The molecule has 1 aliphatic rings. The quantitative estimate of drug-likeness (QED) is 0.765. The summed E-state index contributed by atoms with van der Waals surface area (Å²) in [4.78, 5) is 23.8. The Balaban J connectivity index is 0.00000169. The van der Waals surface area contributed by atoms with E-state index >= 15 is 0 Å². The fraction of sp³-hybridized carbons (Fsp3) is 0.778. The highest BCUT2D eigenvalue weighted by Crippen LogP contribution is 2.29. The predicted molar refractivity (Wildman–Crippen MR) is 54.5 cm³/mol. The van der Waals surface area contributed by atoms with Crippen LogP contribution in [0.15, 0.2) is 0 Å². The zero-order valence-corrected chi connectivity index (χ0v) is 9.26. The monoisotopic (exact) mass is 221 g/mol. The molecule has 82 valence electrons. The van der Waals surface area contributed by atoms with Crippen LogP contribution in [0.4, 0.5) is 0 Å². The standard InChI is InChI=1S/C9H15NO3.ClH/c1-3-7(11)10-6-4-5-9(10,2)8(12)13;/h3-6H2,1-2H3,(H,12,13);1H/t9-;/m0./s1. The number of hydrogen-bond acceptors (Lipinski definition) is 2. The van der Waals surface area contributed by atoms with E-state index in [4.69, 9.17) is 5.11 Å². The van der Waals surface area contributed by atoms with Gasteiger partial charge in [0, 0.05) is 13.0 Å². The van der Waals surface area contributed by atoms with Crippen LogP contribution in [-0.4, -0.2) is 34.0 Å². The van der Waals surface area contributed by atoms with E-state index in [0.29, 0.717) is 19.4 Å². The summed E-state index contributed by atoms with van der Waals surface area (Å²) < 4.78 is 0. The lowest BCUT2D eigenvalue weighted by molar-refractivity contribution is -0.155. The van der Waals surface area contributed by atoms with Crippen LogP contribution in [-0.2, 0) is 9.59 Å². The topological polar surface area (TPSA) is 57.6 Å². The maximum Gasteiger partial charge on any atom is 0.329 e. The average Bonchev–Trinajstić information content (AvgIpc) is 2.47. The molecule has 1 atom stereocenters. The van der Waals surface area contributed by atoms with Gasteiger partial charge in [0.1, 0.15) is 5.54 Å². The minimum atomic E-state index is -0.965. The lowest BCUT2D eigenvalue weighted by atomic mass is 9.99. The zero-order valence-electron chi connectivity index (χ0n) is 8.45. The van der Waals surface area contributed by atoms with Crippen molar-refractivity contribution in [3.8, 4) is 0 Å². The summed E-state index contributed by atoms with van der Waals surface area (Å²) in [6.45, 7) is 3.95. The fourth-order valence-corrected chi connectivity index (χ4v) is 1.78. The summed E-state index contributed by atoms with van der Waals surface area (Å²) in [5.41, 5.74) is -0.965. The van der Waals surface area contributed by atoms with E-state index in [0.717, 1.165) is 6.42 Å². The van der Waals surface area contributed by atoms with Gasteiger partial charge in [-0.2, -0.15) is 0 Å². The number of likely N-dealkylation sites (tertiary alicyclic amines) is 1. The van der Waals surface area contributed by atoms with Crippen molar-refractivity contribution in [2.75, 3.05) is 6.54 Å². The third kappa shape index (κ3) is 2.00. The minimum Gasteiger partial charge on any atom is -0.480 e. The Morgan fingerprint density at radius 2 is 2.07 bits per heavy atom. The van der Waals surface area contributed by atoms with E-state index in [1.165, 1.54) is 4.90 Å². The van der Waals surface area contributed by atoms with Gasteiger partial charge in [0.05, 0.1) is 0 Å². The van der Waals surface area contributed by atoms with Gasteiger partial charge in [-0.3, -0.25) is 4.79 Å². The maximum absolute atomic E-state index is 11.4. The van der Waals surface area contributed by atoms with Gasteiger partial charge in [-0.25, -0.2) is 4.79 Å². The van der Waals surface area contributed by atoms with Gasteiger partial charge < -0.3 is 10.0 Å². The van der Waals surface area contributed by atoms with Crippen LogP contribution in [0.5, 0.6) is 0 Å². The van der Waals surface area contributed by atoms with Crippen molar-refractivity contribution >= 4 is 24.3 Å². The van der Waals surface area contributed by atoms with Crippen LogP contribution in [0.2, 0.25) is 0 Å². The molecule has 5 heteroatoms. The van der Waals surface area contributed by atoms with Gasteiger partial charge in [0.25, 0.3) is 0 Å². The van der Waals surface area contributed by atoms with Crippen LogP contribution in [0.3, 0.4) is 0 Å². The number of carbonyl (C=O) groups excluding carboxylic acids is 1. The molecule has 1 rings (SSSR count). The lowest BCUT2D eigenvalue weighted by Crippen LogP contribution is -2.50.